The SMILES string of the molecule is O=C(NCCN1CCOCC1)c1ccc(Cn2c(SCc3ccc(Cl)cc3)nc3ccncc32)cc1. The normalized spacial score (nSPS) is 14.2. The molecule has 0 atom stereocenters. The Balaban J connectivity index is 1.24. The Kier molecular flexibility index (Phi) is 8.18. The highest BCUT2D eigenvalue weighted by Gasteiger charge is 2.14. The fraction of sp³-hybridized carbons (Fsp3) is 0.296. The summed E-state index contributed by atoms with van der Waals surface area (Å²) in [6.07, 6.45) is 3.62. The van der Waals surface area contributed by atoms with Gasteiger partial charge >= 0.3 is 0 Å². The zero-order valence-electron chi connectivity index (χ0n) is 19.9. The number of nitrogens with one attached hydrogen (secondary N) is 1. The van der Waals surface area contributed by atoms with Gasteiger partial charge < -0.3 is 14.6 Å². The number of benzene rings is 2. The van der Waals surface area contributed by atoms with Crippen molar-refractivity contribution in [2.24, 2.45) is 0 Å². The highest BCUT2D eigenvalue weighted by Crippen LogP contribution is 2.28. The molecule has 0 radical (unpaired) electrons. The molecule has 1 N–H and O–H groups in total. The fourth-order valence-electron chi connectivity index (χ4n) is 4.14. The van der Waals surface area contributed by atoms with E-state index in [1.165, 1.54) is 5.56 Å². The summed E-state index contributed by atoms with van der Waals surface area (Å²) >= 11 is 7.71. The van der Waals surface area contributed by atoms with Gasteiger partial charge in [-0.25, -0.2) is 4.98 Å². The summed E-state index contributed by atoms with van der Waals surface area (Å²) in [6, 6.07) is 17.6. The maximum absolute atomic E-state index is 12.6. The minimum Gasteiger partial charge on any atom is -0.379 e. The number of aromatic nitrogens is 3. The molecule has 4 aromatic rings. The second-order valence-corrected chi connectivity index (χ2v) is 10.0. The number of rotatable bonds is 9. The molecule has 3 heterocycles. The van der Waals surface area contributed by atoms with E-state index < -0.39 is 0 Å². The van der Waals surface area contributed by atoms with Crippen molar-refractivity contribution < 1.29 is 9.53 Å². The van der Waals surface area contributed by atoms with Gasteiger partial charge in [0.25, 0.3) is 5.91 Å². The predicted molar refractivity (Wildman–Crippen MR) is 144 cm³/mol. The molecule has 9 heteroatoms. The van der Waals surface area contributed by atoms with Crippen LogP contribution in [0.2, 0.25) is 5.02 Å². The van der Waals surface area contributed by atoms with Crippen LogP contribution in [0.25, 0.3) is 11.0 Å². The maximum Gasteiger partial charge on any atom is 0.251 e. The van der Waals surface area contributed by atoms with Crippen molar-refractivity contribution >= 4 is 40.3 Å². The van der Waals surface area contributed by atoms with Gasteiger partial charge in [-0.15, -0.1) is 0 Å². The van der Waals surface area contributed by atoms with E-state index in [1.54, 1.807) is 18.0 Å². The fourth-order valence-corrected chi connectivity index (χ4v) is 5.23. The van der Waals surface area contributed by atoms with Crippen molar-refractivity contribution in [3.63, 3.8) is 0 Å². The number of hydrogen-bond donors (Lipinski definition) is 1. The first-order valence-electron chi connectivity index (χ1n) is 12.0. The molecule has 0 bridgehead atoms. The Morgan fingerprint density at radius 1 is 1.03 bits per heavy atom. The van der Waals surface area contributed by atoms with Crippen LogP contribution in [0.15, 0.2) is 72.1 Å². The first-order valence-corrected chi connectivity index (χ1v) is 13.4. The van der Waals surface area contributed by atoms with Crippen LogP contribution in [0, 0.1) is 0 Å². The lowest BCUT2D eigenvalue weighted by atomic mass is 10.1. The van der Waals surface area contributed by atoms with E-state index in [0.29, 0.717) is 18.7 Å². The van der Waals surface area contributed by atoms with Crippen molar-refractivity contribution in [3.8, 4) is 0 Å². The highest BCUT2D eigenvalue weighted by molar-refractivity contribution is 7.98. The van der Waals surface area contributed by atoms with E-state index in [9.17, 15) is 4.79 Å². The molecule has 1 saturated heterocycles. The van der Waals surface area contributed by atoms with Crippen molar-refractivity contribution in [2.45, 2.75) is 17.5 Å². The topological polar surface area (TPSA) is 72.3 Å². The molecule has 0 saturated carbocycles. The average molecular weight is 522 g/mol. The molecule has 7 nitrogen and oxygen atoms in total. The Labute approximate surface area is 219 Å². The van der Waals surface area contributed by atoms with Gasteiger partial charge in [0.05, 0.1) is 37.0 Å². The van der Waals surface area contributed by atoms with E-state index >= 15 is 0 Å². The molecular formula is C27H28ClN5O2S. The van der Waals surface area contributed by atoms with E-state index in [2.05, 4.69) is 19.8 Å². The van der Waals surface area contributed by atoms with Crippen molar-refractivity contribution in [3.05, 3.63) is 88.7 Å². The Morgan fingerprint density at radius 2 is 1.78 bits per heavy atom. The number of amides is 1. The summed E-state index contributed by atoms with van der Waals surface area (Å²) in [7, 11) is 0. The number of pyridine rings is 1. The molecular weight excluding hydrogens is 494 g/mol. The predicted octanol–water partition coefficient (Wildman–Crippen LogP) is 4.49. The van der Waals surface area contributed by atoms with Gasteiger partial charge in [0, 0.05) is 48.7 Å². The first kappa shape index (κ1) is 24.8. The lowest BCUT2D eigenvalue weighted by Gasteiger charge is -2.26. The third-order valence-corrected chi connectivity index (χ3v) is 7.47. The molecule has 0 unspecified atom stereocenters. The van der Waals surface area contributed by atoms with Crippen LogP contribution < -0.4 is 5.32 Å². The van der Waals surface area contributed by atoms with Crippen molar-refractivity contribution in [1.82, 2.24) is 24.8 Å². The lowest BCUT2D eigenvalue weighted by molar-refractivity contribution is 0.0383. The second kappa shape index (κ2) is 11.9. The molecule has 36 heavy (non-hydrogen) atoms. The molecule has 1 amide bonds. The molecule has 5 rings (SSSR count). The van der Waals surface area contributed by atoms with Crippen LogP contribution >= 0.6 is 23.4 Å². The summed E-state index contributed by atoms with van der Waals surface area (Å²) in [4.78, 5) is 24.1. The number of nitrogens with zero attached hydrogens (tertiary/aromatic N) is 4. The van der Waals surface area contributed by atoms with Crippen LogP contribution in [-0.4, -0.2) is 64.7 Å². The Bertz CT molecular complexity index is 1300. The molecule has 0 aliphatic carbocycles. The van der Waals surface area contributed by atoms with Crippen LogP contribution in [0.3, 0.4) is 0 Å². The molecule has 1 aliphatic rings. The van der Waals surface area contributed by atoms with Gasteiger partial charge in [-0.1, -0.05) is 47.6 Å². The Morgan fingerprint density at radius 3 is 2.56 bits per heavy atom. The zero-order valence-corrected chi connectivity index (χ0v) is 21.5. The summed E-state index contributed by atoms with van der Waals surface area (Å²) in [5.74, 6) is 0.739. The average Bonchev–Trinajstić information content (AvgIpc) is 3.26. The zero-order chi connectivity index (χ0) is 24.7. The van der Waals surface area contributed by atoms with E-state index in [4.69, 9.17) is 21.3 Å². The summed E-state index contributed by atoms with van der Waals surface area (Å²) in [5.41, 5.74) is 4.85. The van der Waals surface area contributed by atoms with Crippen LogP contribution in [0.5, 0.6) is 0 Å². The molecule has 2 aromatic heterocycles. The standard InChI is InChI=1S/C27H28ClN5O2S/c28-23-7-3-21(4-8-23)19-36-27-31-24-9-10-29-17-25(24)33(27)18-20-1-5-22(6-2-20)26(34)30-11-12-32-13-15-35-16-14-32/h1-10,17H,11-16,18-19H2,(H,30,34). The Hall–Kier alpha value is -2.91. The minimum atomic E-state index is -0.0497. The first-order chi connectivity index (χ1) is 17.7. The summed E-state index contributed by atoms with van der Waals surface area (Å²) < 4.78 is 7.55. The van der Waals surface area contributed by atoms with Gasteiger partial charge in [-0.3, -0.25) is 14.7 Å². The van der Waals surface area contributed by atoms with Gasteiger partial charge in [-0.05, 0) is 41.5 Å². The van der Waals surface area contributed by atoms with Crippen LogP contribution in [0.4, 0.5) is 0 Å². The number of morpholine rings is 1. The number of carbonyl (C=O) groups is 1. The molecule has 1 aliphatic heterocycles. The number of carbonyl (C=O) groups excluding carboxylic acids is 1. The number of imidazole rings is 1. The largest absolute Gasteiger partial charge is 0.379 e. The van der Waals surface area contributed by atoms with Gasteiger partial charge in [0.1, 0.15) is 0 Å². The minimum absolute atomic E-state index is 0.0497. The van der Waals surface area contributed by atoms with Crippen molar-refractivity contribution in [2.75, 3.05) is 39.4 Å². The number of hydrogen-bond acceptors (Lipinski definition) is 6. The quantitative estimate of drug-likeness (QED) is 0.327. The molecule has 2 aromatic carbocycles. The molecule has 0 spiro atoms. The third kappa shape index (κ3) is 6.25. The third-order valence-electron chi connectivity index (χ3n) is 6.17. The number of fused-ring (bicyclic) bond motifs is 1. The number of halogens is 1. The lowest BCUT2D eigenvalue weighted by Crippen LogP contribution is -2.41. The highest BCUT2D eigenvalue weighted by atomic mass is 35.5. The maximum atomic E-state index is 12.6. The van der Waals surface area contributed by atoms with E-state index in [0.717, 1.165) is 65.4 Å². The van der Waals surface area contributed by atoms with Gasteiger partial charge in [-0.2, -0.15) is 0 Å². The van der Waals surface area contributed by atoms with Crippen LogP contribution in [0.1, 0.15) is 21.5 Å². The number of ether oxygens (including phenoxy) is 1. The van der Waals surface area contributed by atoms with Gasteiger partial charge in [0.2, 0.25) is 0 Å². The van der Waals surface area contributed by atoms with E-state index in [1.807, 2.05) is 60.8 Å². The summed E-state index contributed by atoms with van der Waals surface area (Å²) in [6.45, 7) is 5.47. The second-order valence-electron chi connectivity index (χ2n) is 8.67. The smallest absolute Gasteiger partial charge is 0.251 e. The molecule has 186 valence electrons. The summed E-state index contributed by atoms with van der Waals surface area (Å²) in [5, 5.41) is 4.69. The number of thioether (sulfide) groups is 1. The monoisotopic (exact) mass is 521 g/mol. The van der Waals surface area contributed by atoms with Crippen LogP contribution in [-0.2, 0) is 17.0 Å². The van der Waals surface area contributed by atoms with Crippen molar-refractivity contribution in [1.29, 1.82) is 0 Å². The van der Waals surface area contributed by atoms with E-state index in [-0.39, 0.29) is 5.91 Å². The van der Waals surface area contributed by atoms with Gasteiger partial charge in [0.15, 0.2) is 5.16 Å². The molecule has 1 fully saturated rings.